The van der Waals surface area contributed by atoms with Gasteiger partial charge in [0.1, 0.15) is 0 Å². The first kappa shape index (κ1) is 12.3. The Bertz CT molecular complexity index is 291. The molecule has 6 heteroatoms. The van der Waals surface area contributed by atoms with Gasteiger partial charge in [0.25, 0.3) is 6.43 Å². The van der Waals surface area contributed by atoms with Gasteiger partial charge in [-0.3, -0.25) is 4.90 Å². The Morgan fingerprint density at radius 1 is 1.60 bits per heavy atom. The first-order valence-corrected chi connectivity index (χ1v) is 5.64. The molecular formula is C9H15F2N3S. The fourth-order valence-corrected chi connectivity index (χ4v) is 2.09. The predicted molar refractivity (Wildman–Crippen MR) is 58.1 cm³/mol. The van der Waals surface area contributed by atoms with Crippen LogP contribution in [0.25, 0.3) is 0 Å². The topological polar surface area (TPSA) is 42.2 Å². The molecule has 86 valence electrons. The number of anilines is 1. The number of nitrogen functional groups attached to an aromatic ring is 1. The summed E-state index contributed by atoms with van der Waals surface area (Å²) in [5.41, 5.74) is 5.47. The molecule has 0 radical (unpaired) electrons. The van der Waals surface area contributed by atoms with Crippen molar-refractivity contribution < 1.29 is 8.78 Å². The summed E-state index contributed by atoms with van der Waals surface area (Å²) in [5.74, 6) is 0. The quantitative estimate of drug-likeness (QED) is 0.822. The van der Waals surface area contributed by atoms with Crippen LogP contribution in [-0.2, 0) is 6.54 Å². The Labute approximate surface area is 91.9 Å². The molecule has 0 aliphatic rings. The van der Waals surface area contributed by atoms with Crippen LogP contribution in [0.3, 0.4) is 0 Å². The highest BCUT2D eigenvalue weighted by Gasteiger charge is 2.12. The van der Waals surface area contributed by atoms with E-state index in [9.17, 15) is 8.78 Å². The van der Waals surface area contributed by atoms with Crippen LogP contribution in [0.15, 0.2) is 6.20 Å². The lowest BCUT2D eigenvalue weighted by atomic mass is 10.3. The summed E-state index contributed by atoms with van der Waals surface area (Å²) in [6.45, 7) is 2.96. The van der Waals surface area contributed by atoms with Crippen LogP contribution < -0.4 is 5.73 Å². The number of rotatable bonds is 6. The summed E-state index contributed by atoms with van der Waals surface area (Å²) < 4.78 is 24.5. The summed E-state index contributed by atoms with van der Waals surface area (Å²) in [6.07, 6.45) is 0.219. The molecule has 0 atom stereocenters. The van der Waals surface area contributed by atoms with Crippen LogP contribution in [0.5, 0.6) is 0 Å². The molecule has 0 fully saturated rings. The summed E-state index contributed by atoms with van der Waals surface area (Å²) in [4.78, 5) is 6.54. The standard InChI is InChI=1S/C9H15F2N3S/c1-2-3-14(6-8(10)11)5-7-4-13-9(12)15-7/h4,8H,2-3,5-6H2,1H3,(H2,12,13). The second-order valence-electron chi connectivity index (χ2n) is 3.29. The van der Waals surface area contributed by atoms with E-state index in [2.05, 4.69) is 4.98 Å². The lowest BCUT2D eigenvalue weighted by molar-refractivity contribution is 0.0851. The molecule has 1 aromatic heterocycles. The van der Waals surface area contributed by atoms with Gasteiger partial charge in [-0.2, -0.15) is 0 Å². The second kappa shape index (κ2) is 5.97. The highest BCUT2D eigenvalue weighted by Crippen LogP contribution is 2.17. The van der Waals surface area contributed by atoms with E-state index in [1.54, 1.807) is 11.1 Å². The first-order chi connectivity index (χ1) is 7.11. The van der Waals surface area contributed by atoms with E-state index in [-0.39, 0.29) is 6.54 Å². The Balaban J connectivity index is 2.50. The molecule has 0 aliphatic heterocycles. The molecule has 1 aromatic rings. The molecule has 2 N–H and O–H groups in total. The third-order valence-electron chi connectivity index (χ3n) is 1.89. The molecule has 0 unspecified atom stereocenters. The summed E-state index contributed by atoms with van der Waals surface area (Å²) in [6, 6.07) is 0. The summed E-state index contributed by atoms with van der Waals surface area (Å²) in [5, 5.41) is 0.485. The summed E-state index contributed by atoms with van der Waals surface area (Å²) >= 11 is 1.35. The zero-order valence-corrected chi connectivity index (χ0v) is 9.44. The van der Waals surface area contributed by atoms with E-state index in [4.69, 9.17) is 5.73 Å². The van der Waals surface area contributed by atoms with Gasteiger partial charge in [-0.25, -0.2) is 13.8 Å². The number of hydrogen-bond acceptors (Lipinski definition) is 4. The van der Waals surface area contributed by atoms with Gasteiger partial charge in [0.05, 0.1) is 6.54 Å². The summed E-state index contributed by atoms with van der Waals surface area (Å²) in [7, 11) is 0. The van der Waals surface area contributed by atoms with Gasteiger partial charge in [-0.05, 0) is 13.0 Å². The molecule has 0 aromatic carbocycles. The highest BCUT2D eigenvalue weighted by molar-refractivity contribution is 7.15. The van der Waals surface area contributed by atoms with Gasteiger partial charge in [0, 0.05) is 17.6 Å². The van der Waals surface area contributed by atoms with Gasteiger partial charge in [-0.15, -0.1) is 11.3 Å². The van der Waals surface area contributed by atoms with Crippen LogP contribution in [0, 0.1) is 0 Å². The zero-order valence-electron chi connectivity index (χ0n) is 8.62. The maximum absolute atomic E-state index is 12.2. The molecule has 0 amide bonds. The maximum Gasteiger partial charge on any atom is 0.251 e. The van der Waals surface area contributed by atoms with Crippen LogP contribution >= 0.6 is 11.3 Å². The average Bonchev–Trinajstić information content (AvgIpc) is 2.50. The molecule has 1 heterocycles. The number of halogens is 2. The third-order valence-corrected chi connectivity index (χ3v) is 2.70. The molecule has 0 aliphatic carbocycles. The number of nitrogens with zero attached hydrogens (tertiary/aromatic N) is 2. The number of aromatic nitrogens is 1. The minimum atomic E-state index is -2.29. The molecule has 15 heavy (non-hydrogen) atoms. The van der Waals surface area contributed by atoms with Crippen molar-refractivity contribution in [2.75, 3.05) is 18.8 Å². The Morgan fingerprint density at radius 3 is 2.80 bits per heavy atom. The van der Waals surface area contributed by atoms with Gasteiger partial charge >= 0.3 is 0 Å². The van der Waals surface area contributed by atoms with Gasteiger partial charge < -0.3 is 5.73 Å². The van der Waals surface area contributed by atoms with Crippen molar-refractivity contribution in [3.63, 3.8) is 0 Å². The predicted octanol–water partition coefficient (Wildman–Crippen LogP) is 2.20. The van der Waals surface area contributed by atoms with Crippen LogP contribution in [0.4, 0.5) is 13.9 Å². The van der Waals surface area contributed by atoms with Crippen molar-refractivity contribution in [1.82, 2.24) is 9.88 Å². The Kier molecular flexibility index (Phi) is 4.90. The minimum absolute atomic E-state index is 0.189. The fourth-order valence-electron chi connectivity index (χ4n) is 1.36. The number of alkyl halides is 2. The monoisotopic (exact) mass is 235 g/mol. The van der Waals surface area contributed by atoms with Crippen molar-refractivity contribution in [2.24, 2.45) is 0 Å². The minimum Gasteiger partial charge on any atom is -0.375 e. The molecule has 3 nitrogen and oxygen atoms in total. The van der Waals surface area contributed by atoms with Crippen molar-refractivity contribution in [3.05, 3.63) is 11.1 Å². The van der Waals surface area contributed by atoms with Crippen molar-refractivity contribution >= 4 is 16.5 Å². The fraction of sp³-hybridized carbons (Fsp3) is 0.667. The average molecular weight is 235 g/mol. The third kappa shape index (κ3) is 4.53. The maximum atomic E-state index is 12.2. The molecule has 0 bridgehead atoms. The zero-order chi connectivity index (χ0) is 11.3. The lowest BCUT2D eigenvalue weighted by Gasteiger charge is -2.19. The lowest BCUT2D eigenvalue weighted by Crippen LogP contribution is -2.28. The molecular weight excluding hydrogens is 220 g/mol. The van der Waals surface area contributed by atoms with E-state index in [1.807, 2.05) is 6.92 Å². The SMILES string of the molecule is CCCN(Cc1cnc(N)s1)CC(F)F. The van der Waals surface area contributed by atoms with E-state index in [1.165, 1.54) is 11.3 Å². The number of nitrogens with two attached hydrogens (primary N) is 1. The van der Waals surface area contributed by atoms with E-state index >= 15 is 0 Å². The van der Waals surface area contributed by atoms with Crippen LogP contribution in [0.2, 0.25) is 0 Å². The van der Waals surface area contributed by atoms with Crippen LogP contribution in [-0.4, -0.2) is 29.4 Å². The first-order valence-electron chi connectivity index (χ1n) is 4.82. The highest BCUT2D eigenvalue weighted by atomic mass is 32.1. The van der Waals surface area contributed by atoms with E-state index < -0.39 is 6.43 Å². The Hall–Kier alpha value is -0.750. The molecule has 1 rings (SSSR count). The van der Waals surface area contributed by atoms with E-state index in [0.29, 0.717) is 18.2 Å². The number of thiazole rings is 1. The smallest absolute Gasteiger partial charge is 0.251 e. The van der Waals surface area contributed by atoms with E-state index in [0.717, 1.165) is 11.3 Å². The normalized spacial score (nSPS) is 11.5. The largest absolute Gasteiger partial charge is 0.375 e. The molecule has 0 spiro atoms. The van der Waals surface area contributed by atoms with Gasteiger partial charge in [-0.1, -0.05) is 6.92 Å². The van der Waals surface area contributed by atoms with Crippen molar-refractivity contribution in [1.29, 1.82) is 0 Å². The Morgan fingerprint density at radius 2 is 2.33 bits per heavy atom. The van der Waals surface area contributed by atoms with Crippen molar-refractivity contribution in [2.45, 2.75) is 26.3 Å². The molecule has 0 saturated carbocycles. The van der Waals surface area contributed by atoms with Crippen molar-refractivity contribution in [3.8, 4) is 0 Å². The van der Waals surface area contributed by atoms with Gasteiger partial charge in [0.2, 0.25) is 0 Å². The second-order valence-corrected chi connectivity index (χ2v) is 4.44. The molecule has 0 saturated heterocycles. The number of hydrogen-bond donors (Lipinski definition) is 1. The van der Waals surface area contributed by atoms with Gasteiger partial charge in [0.15, 0.2) is 5.13 Å². The van der Waals surface area contributed by atoms with Crippen LogP contribution in [0.1, 0.15) is 18.2 Å².